The highest BCUT2D eigenvalue weighted by atomic mass is 35.5. The van der Waals surface area contributed by atoms with Crippen LogP contribution in [0.5, 0.6) is 5.75 Å². The average Bonchev–Trinajstić information content (AvgIpc) is 2.25. The molecule has 16 heavy (non-hydrogen) atoms. The van der Waals surface area contributed by atoms with E-state index in [2.05, 4.69) is 11.4 Å². The monoisotopic (exact) mass is 258 g/mol. The average molecular weight is 259 g/mol. The number of hydrogen-bond acceptors (Lipinski definition) is 3. The van der Waals surface area contributed by atoms with Gasteiger partial charge in [0.15, 0.2) is 0 Å². The molecule has 1 rings (SSSR count). The number of ether oxygens (including phenoxy) is 1. The first kappa shape index (κ1) is 13.1. The van der Waals surface area contributed by atoms with E-state index < -0.39 is 0 Å². The van der Waals surface area contributed by atoms with Crippen molar-refractivity contribution in [1.29, 1.82) is 5.26 Å². The highest BCUT2D eigenvalue weighted by molar-refractivity contribution is 6.35. The lowest BCUT2D eigenvalue weighted by atomic mass is 10.0. The molecule has 0 saturated carbocycles. The summed E-state index contributed by atoms with van der Waals surface area (Å²) < 4.78 is 5.22. The topological polar surface area (TPSA) is 45.0 Å². The van der Waals surface area contributed by atoms with Gasteiger partial charge in [0, 0.05) is 16.6 Å². The molecule has 0 spiro atoms. The molecule has 0 amide bonds. The summed E-state index contributed by atoms with van der Waals surface area (Å²) in [6, 6.07) is 5.33. The summed E-state index contributed by atoms with van der Waals surface area (Å²) in [7, 11) is 3.31. The molecular formula is C11H12Cl2N2O. The number of nitrogens with one attached hydrogen (secondary N) is 1. The van der Waals surface area contributed by atoms with Gasteiger partial charge in [0.25, 0.3) is 0 Å². The highest BCUT2D eigenvalue weighted by Crippen LogP contribution is 2.36. The van der Waals surface area contributed by atoms with Gasteiger partial charge in [0.1, 0.15) is 5.75 Å². The summed E-state index contributed by atoms with van der Waals surface area (Å²) in [5, 5.41) is 12.7. The van der Waals surface area contributed by atoms with Crippen LogP contribution in [0.15, 0.2) is 12.1 Å². The molecular weight excluding hydrogens is 247 g/mol. The standard InChI is InChI=1S/C11H12Cl2N2O/c1-15-10(3-4-14)8-5-7(12)6-9(13)11(8)16-2/h5-6,10,15H,3H2,1-2H3. The molecule has 1 aromatic carbocycles. The molecule has 1 aromatic rings. The Kier molecular flexibility index (Phi) is 4.88. The Morgan fingerprint density at radius 2 is 2.19 bits per heavy atom. The minimum atomic E-state index is -0.142. The fourth-order valence-corrected chi connectivity index (χ4v) is 2.10. The SMILES string of the molecule is CNC(CC#N)c1cc(Cl)cc(Cl)c1OC. The quantitative estimate of drug-likeness (QED) is 0.903. The summed E-state index contributed by atoms with van der Waals surface area (Å²) in [6.07, 6.45) is 0.323. The molecule has 1 unspecified atom stereocenters. The van der Waals surface area contributed by atoms with Gasteiger partial charge in [-0.05, 0) is 19.2 Å². The van der Waals surface area contributed by atoms with Crippen molar-refractivity contribution >= 4 is 23.2 Å². The van der Waals surface area contributed by atoms with Gasteiger partial charge in [-0.15, -0.1) is 0 Å². The lowest BCUT2D eigenvalue weighted by Crippen LogP contribution is -2.16. The smallest absolute Gasteiger partial charge is 0.142 e. The molecule has 0 aliphatic heterocycles. The van der Waals surface area contributed by atoms with Gasteiger partial charge >= 0.3 is 0 Å². The third-order valence-electron chi connectivity index (χ3n) is 2.26. The van der Waals surface area contributed by atoms with E-state index in [9.17, 15) is 0 Å². The summed E-state index contributed by atoms with van der Waals surface area (Å²) in [5.41, 5.74) is 0.795. The van der Waals surface area contributed by atoms with E-state index in [1.807, 2.05) is 0 Å². The van der Waals surface area contributed by atoms with Crippen LogP contribution in [0.4, 0.5) is 0 Å². The number of halogens is 2. The van der Waals surface area contributed by atoms with Gasteiger partial charge in [0.2, 0.25) is 0 Å². The molecule has 3 nitrogen and oxygen atoms in total. The van der Waals surface area contributed by atoms with E-state index in [1.165, 1.54) is 7.11 Å². The van der Waals surface area contributed by atoms with E-state index >= 15 is 0 Å². The third-order valence-corrected chi connectivity index (χ3v) is 2.76. The maximum Gasteiger partial charge on any atom is 0.142 e. The van der Waals surface area contributed by atoms with Crippen molar-refractivity contribution in [3.63, 3.8) is 0 Å². The highest BCUT2D eigenvalue weighted by Gasteiger charge is 2.17. The first-order valence-corrected chi connectivity index (χ1v) is 5.46. The first-order chi connectivity index (χ1) is 7.63. The van der Waals surface area contributed by atoms with Gasteiger partial charge in [-0.2, -0.15) is 5.26 Å². The molecule has 1 N–H and O–H groups in total. The van der Waals surface area contributed by atoms with Gasteiger partial charge in [-0.3, -0.25) is 0 Å². The second-order valence-corrected chi connectivity index (χ2v) is 4.06. The number of benzene rings is 1. The van der Waals surface area contributed by atoms with Crippen molar-refractivity contribution < 1.29 is 4.74 Å². The van der Waals surface area contributed by atoms with Crippen molar-refractivity contribution in [3.8, 4) is 11.8 Å². The molecule has 0 aliphatic rings. The van der Waals surface area contributed by atoms with Gasteiger partial charge in [-0.1, -0.05) is 23.2 Å². The maximum atomic E-state index is 8.73. The molecule has 86 valence electrons. The first-order valence-electron chi connectivity index (χ1n) is 4.71. The van der Waals surface area contributed by atoms with Crippen LogP contribution in [0, 0.1) is 11.3 Å². The van der Waals surface area contributed by atoms with Crippen molar-refractivity contribution in [1.82, 2.24) is 5.32 Å². The van der Waals surface area contributed by atoms with E-state index in [0.29, 0.717) is 22.2 Å². The Hall–Kier alpha value is -0.950. The molecule has 0 heterocycles. The summed E-state index contributed by atoms with van der Waals surface area (Å²) in [4.78, 5) is 0. The zero-order valence-electron chi connectivity index (χ0n) is 9.05. The number of rotatable bonds is 4. The van der Waals surface area contributed by atoms with Gasteiger partial charge in [-0.25, -0.2) is 0 Å². The van der Waals surface area contributed by atoms with E-state index in [0.717, 1.165) is 5.56 Å². The van der Waals surface area contributed by atoms with Crippen molar-refractivity contribution in [2.75, 3.05) is 14.2 Å². The molecule has 0 bridgehead atoms. The largest absolute Gasteiger partial charge is 0.495 e. The van der Waals surface area contributed by atoms with Crippen molar-refractivity contribution in [2.24, 2.45) is 0 Å². The summed E-state index contributed by atoms with van der Waals surface area (Å²) >= 11 is 11.9. The van der Waals surface area contributed by atoms with Crippen LogP contribution in [0.1, 0.15) is 18.0 Å². The molecule has 0 aliphatic carbocycles. The predicted molar refractivity (Wildman–Crippen MR) is 65.0 cm³/mol. The lowest BCUT2D eigenvalue weighted by molar-refractivity contribution is 0.402. The maximum absolute atomic E-state index is 8.73. The Bertz CT molecular complexity index is 415. The zero-order chi connectivity index (χ0) is 12.1. The Balaban J connectivity index is 3.24. The van der Waals surface area contributed by atoms with Gasteiger partial charge < -0.3 is 10.1 Å². The molecule has 0 fully saturated rings. The molecule has 0 saturated heterocycles. The fourth-order valence-electron chi connectivity index (χ4n) is 1.51. The van der Waals surface area contributed by atoms with Crippen LogP contribution in [0.25, 0.3) is 0 Å². The number of nitriles is 1. The molecule has 0 aromatic heterocycles. The van der Waals surface area contributed by atoms with E-state index in [-0.39, 0.29) is 6.04 Å². The van der Waals surface area contributed by atoms with Crippen LogP contribution >= 0.6 is 23.2 Å². The lowest BCUT2D eigenvalue weighted by Gasteiger charge is -2.18. The van der Waals surface area contributed by atoms with Crippen LogP contribution in [0.3, 0.4) is 0 Å². The molecule has 5 heteroatoms. The van der Waals surface area contributed by atoms with Crippen LogP contribution in [0.2, 0.25) is 10.0 Å². The minimum absolute atomic E-state index is 0.142. The van der Waals surface area contributed by atoms with Crippen LogP contribution in [-0.4, -0.2) is 14.2 Å². The van der Waals surface area contributed by atoms with Crippen LogP contribution < -0.4 is 10.1 Å². The summed E-state index contributed by atoms with van der Waals surface area (Å²) in [5.74, 6) is 0.556. The van der Waals surface area contributed by atoms with Crippen molar-refractivity contribution in [2.45, 2.75) is 12.5 Å². The number of hydrogen-bond donors (Lipinski definition) is 1. The second-order valence-electron chi connectivity index (χ2n) is 3.21. The minimum Gasteiger partial charge on any atom is -0.495 e. The van der Waals surface area contributed by atoms with E-state index in [4.69, 9.17) is 33.2 Å². The third kappa shape index (κ3) is 2.79. The van der Waals surface area contributed by atoms with Gasteiger partial charge in [0.05, 0.1) is 24.6 Å². The summed E-state index contributed by atoms with van der Waals surface area (Å²) in [6.45, 7) is 0. The van der Waals surface area contributed by atoms with E-state index in [1.54, 1.807) is 19.2 Å². The number of methoxy groups -OCH3 is 1. The Morgan fingerprint density at radius 1 is 1.50 bits per heavy atom. The predicted octanol–water partition coefficient (Wildman–Crippen LogP) is 3.18. The molecule has 0 radical (unpaired) electrons. The van der Waals surface area contributed by atoms with Crippen LogP contribution in [-0.2, 0) is 0 Å². The zero-order valence-corrected chi connectivity index (χ0v) is 10.6. The van der Waals surface area contributed by atoms with Crippen molar-refractivity contribution in [3.05, 3.63) is 27.7 Å². The Labute approximate surface area is 105 Å². The second kappa shape index (κ2) is 5.95. The fraction of sp³-hybridized carbons (Fsp3) is 0.364. The molecule has 1 atom stereocenters. The Morgan fingerprint density at radius 3 is 2.69 bits per heavy atom. The number of nitrogens with zero attached hydrogens (tertiary/aromatic N) is 1. The normalized spacial score (nSPS) is 11.9.